The number of rotatable bonds is 6. The molecule has 0 aliphatic rings. The molecule has 0 unspecified atom stereocenters. The van der Waals surface area contributed by atoms with Gasteiger partial charge in [0.25, 0.3) is 12.4 Å². The molecule has 6 nitrogen and oxygen atoms in total. The van der Waals surface area contributed by atoms with Gasteiger partial charge >= 0.3 is 12.1 Å². The number of carbonyl (C=O) groups excluding carboxylic acids is 2. The number of amides is 1. The third kappa shape index (κ3) is 5.08. The van der Waals surface area contributed by atoms with Crippen LogP contribution in [-0.2, 0) is 22.6 Å². The molecule has 0 bridgehead atoms. The Labute approximate surface area is 141 Å². The zero-order chi connectivity index (χ0) is 17.4. The number of aromatic nitrogens is 1. The Bertz CT molecular complexity index is 688. The van der Waals surface area contributed by atoms with Gasteiger partial charge in [0, 0.05) is 18.2 Å². The molecular weight excluding hydrogens is 308 g/mol. The number of alkyl carbamates (subject to hydrolysis) is 1. The van der Waals surface area contributed by atoms with Crippen molar-refractivity contribution >= 4 is 12.1 Å². The van der Waals surface area contributed by atoms with Crippen molar-refractivity contribution in [3.8, 4) is 0 Å². The SMILES string of the molecule is COC(=O)c1cccc[n+]1COC(=O)N[C@@H](C)Cc1ccccc1. The van der Waals surface area contributed by atoms with Gasteiger partial charge in [-0.1, -0.05) is 30.3 Å². The lowest BCUT2D eigenvalue weighted by Gasteiger charge is -2.13. The molecule has 6 heteroatoms. The Kier molecular flexibility index (Phi) is 6.31. The molecule has 0 spiro atoms. The van der Waals surface area contributed by atoms with Crippen LogP contribution in [0.25, 0.3) is 0 Å². The zero-order valence-electron chi connectivity index (χ0n) is 13.8. The summed E-state index contributed by atoms with van der Waals surface area (Å²) < 4.78 is 11.4. The van der Waals surface area contributed by atoms with Crippen molar-refractivity contribution in [2.24, 2.45) is 0 Å². The Balaban J connectivity index is 1.86. The van der Waals surface area contributed by atoms with Gasteiger partial charge in [0.1, 0.15) is 0 Å². The van der Waals surface area contributed by atoms with Crippen LogP contribution in [0, 0.1) is 0 Å². The summed E-state index contributed by atoms with van der Waals surface area (Å²) in [5.41, 5.74) is 1.45. The average molecular weight is 329 g/mol. The predicted molar refractivity (Wildman–Crippen MR) is 87.2 cm³/mol. The summed E-state index contributed by atoms with van der Waals surface area (Å²) in [5.74, 6) is -0.489. The molecule has 126 valence electrons. The topological polar surface area (TPSA) is 68.5 Å². The molecule has 2 rings (SSSR count). The number of benzene rings is 1. The van der Waals surface area contributed by atoms with Crippen LogP contribution in [-0.4, -0.2) is 25.2 Å². The van der Waals surface area contributed by atoms with Gasteiger partial charge < -0.3 is 14.8 Å². The zero-order valence-corrected chi connectivity index (χ0v) is 13.8. The number of hydrogen-bond donors (Lipinski definition) is 1. The van der Waals surface area contributed by atoms with Gasteiger partial charge in [-0.05, 0) is 25.0 Å². The van der Waals surface area contributed by atoms with E-state index < -0.39 is 12.1 Å². The Morgan fingerprint density at radius 3 is 2.54 bits per heavy atom. The molecule has 1 amide bonds. The summed E-state index contributed by atoms with van der Waals surface area (Å²) in [7, 11) is 1.30. The second kappa shape index (κ2) is 8.67. The van der Waals surface area contributed by atoms with Gasteiger partial charge in [-0.3, -0.25) is 0 Å². The van der Waals surface area contributed by atoms with Crippen LogP contribution < -0.4 is 9.88 Å². The number of carbonyl (C=O) groups is 2. The predicted octanol–water partition coefficient (Wildman–Crippen LogP) is 2.08. The van der Waals surface area contributed by atoms with E-state index in [9.17, 15) is 9.59 Å². The van der Waals surface area contributed by atoms with Crippen molar-refractivity contribution in [2.75, 3.05) is 7.11 Å². The van der Waals surface area contributed by atoms with Crippen LogP contribution in [0.1, 0.15) is 23.0 Å². The Morgan fingerprint density at radius 1 is 1.12 bits per heavy atom. The molecule has 0 radical (unpaired) electrons. The van der Waals surface area contributed by atoms with Crippen LogP contribution in [0.15, 0.2) is 54.7 Å². The van der Waals surface area contributed by atoms with Gasteiger partial charge in [-0.25, -0.2) is 9.59 Å². The molecule has 2 aromatic rings. The van der Waals surface area contributed by atoms with E-state index in [1.807, 2.05) is 37.3 Å². The number of nitrogens with zero attached hydrogens (tertiary/aromatic N) is 1. The van der Waals surface area contributed by atoms with E-state index in [1.165, 1.54) is 11.7 Å². The lowest BCUT2D eigenvalue weighted by atomic mass is 10.1. The summed E-state index contributed by atoms with van der Waals surface area (Å²) in [5, 5.41) is 2.77. The molecule has 0 saturated heterocycles. The number of esters is 1. The minimum atomic E-state index is -0.536. The second-order valence-corrected chi connectivity index (χ2v) is 5.34. The molecular formula is C18H21N2O4+. The number of pyridine rings is 1. The summed E-state index contributed by atoms with van der Waals surface area (Å²) in [6.45, 7) is 1.83. The summed E-state index contributed by atoms with van der Waals surface area (Å²) in [6.07, 6.45) is 1.82. The normalized spacial score (nSPS) is 11.4. The highest BCUT2D eigenvalue weighted by Crippen LogP contribution is 2.03. The number of hydrogen-bond acceptors (Lipinski definition) is 4. The third-order valence-corrected chi connectivity index (χ3v) is 3.42. The number of methoxy groups -OCH3 is 1. The van der Waals surface area contributed by atoms with Crippen molar-refractivity contribution < 1.29 is 23.6 Å². The van der Waals surface area contributed by atoms with Crippen molar-refractivity contribution in [3.05, 3.63) is 66.0 Å². The first-order chi connectivity index (χ1) is 11.6. The minimum absolute atomic E-state index is 0.0687. The second-order valence-electron chi connectivity index (χ2n) is 5.34. The molecule has 0 fully saturated rings. The van der Waals surface area contributed by atoms with E-state index in [0.717, 1.165) is 5.56 Å². The molecule has 1 atom stereocenters. The lowest BCUT2D eigenvalue weighted by Crippen LogP contribution is -2.44. The van der Waals surface area contributed by atoms with Crippen molar-refractivity contribution in [3.63, 3.8) is 0 Å². The van der Waals surface area contributed by atoms with Gasteiger partial charge in [0.15, 0.2) is 6.20 Å². The third-order valence-electron chi connectivity index (χ3n) is 3.42. The fourth-order valence-corrected chi connectivity index (χ4v) is 2.27. The standard InChI is InChI=1S/C18H20N2O4/c1-14(12-15-8-4-3-5-9-15)19-18(22)24-13-20-11-7-6-10-16(20)17(21)23-2/h3-11,14H,12-13H2,1-2H3/p+1/t14-/m0/s1. The first-order valence-corrected chi connectivity index (χ1v) is 7.64. The largest absolute Gasteiger partial charge is 0.461 e. The van der Waals surface area contributed by atoms with Crippen molar-refractivity contribution in [1.29, 1.82) is 0 Å². The van der Waals surface area contributed by atoms with Crippen LogP contribution in [0.4, 0.5) is 4.79 Å². The van der Waals surface area contributed by atoms with Crippen LogP contribution >= 0.6 is 0 Å². The fraction of sp³-hybridized carbons (Fsp3) is 0.278. The highest BCUT2D eigenvalue weighted by atomic mass is 16.6. The molecule has 0 aliphatic carbocycles. The molecule has 24 heavy (non-hydrogen) atoms. The van der Waals surface area contributed by atoms with Gasteiger partial charge in [-0.15, -0.1) is 0 Å². The molecule has 0 saturated carbocycles. The van der Waals surface area contributed by atoms with Gasteiger partial charge in [0.2, 0.25) is 0 Å². The van der Waals surface area contributed by atoms with Crippen molar-refractivity contribution in [1.82, 2.24) is 5.32 Å². The van der Waals surface area contributed by atoms with E-state index >= 15 is 0 Å². The Hall–Kier alpha value is -2.89. The Morgan fingerprint density at radius 2 is 1.83 bits per heavy atom. The summed E-state index contributed by atoms with van der Waals surface area (Å²) in [4.78, 5) is 23.6. The van der Waals surface area contributed by atoms with Gasteiger partial charge in [0.05, 0.1) is 7.11 Å². The lowest BCUT2D eigenvalue weighted by molar-refractivity contribution is -0.729. The molecule has 1 aromatic heterocycles. The highest BCUT2D eigenvalue weighted by Gasteiger charge is 2.20. The molecule has 0 aliphatic heterocycles. The maximum Gasteiger partial charge on any atom is 0.412 e. The number of ether oxygens (including phenoxy) is 2. The maximum atomic E-state index is 11.9. The van der Waals surface area contributed by atoms with Crippen LogP contribution in [0.3, 0.4) is 0 Å². The monoisotopic (exact) mass is 329 g/mol. The quantitative estimate of drug-likeness (QED) is 0.651. The van der Waals surface area contributed by atoms with Crippen LogP contribution in [0.5, 0.6) is 0 Å². The minimum Gasteiger partial charge on any atom is -0.461 e. The smallest absolute Gasteiger partial charge is 0.412 e. The van der Waals surface area contributed by atoms with Crippen molar-refractivity contribution in [2.45, 2.75) is 26.1 Å². The van der Waals surface area contributed by atoms with Gasteiger partial charge in [-0.2, -0.15) is 4.57 Å². The van der Waals surface area contributed by atoms with E-state index in [4.69, 9.17) is 9.47 Å². The highest BCUT2D eigenvalue weighted by molar-refractivity contribution is 5.85. The van der Waals surface area contributed by atoms with Crippen LogP contribution in [0.2, 0.25) is 0 Å². The first kappa shape index (κ1) is 17.5. The molecule has 1 aromatic carbocycles. The average Bonchev–Trinajstić information content (AvgIpc) is 2.60. The summed E-state index contributed by atoms with van der Waals surface area (Å²) in [6, 6.07) is 14.9. The summed E-state index contributed by atoms with van der Waals surface area (Å²) >= 11 is 0. The molecule has 1 N–H and O–H groups in total. The van der Waals surface area contributed by atoms with E-state index in [-0.39, 0.29) is 12.8 Å². The van der Waals surface area contributed by atoms with E-state index in [2.05, 4.69) is 5.32 Å². The first-order valence-electron chi connectivity index (χ1n) is 7.64. The molecule has 1 heterocycles. The van der Waals surface area contributed by atoms with E-state index in [1.54, 1.807) is 24.4 Å². The number of nitrogens with one attached hydrogen (secondary N) is 1. The fourth-order valence-electron chi connectivity index (χ4n) is 2.27. The van der Waals surface area contributed by atoms with E-state index in [0.29, 0.717) is 12.1 Å². The maximum absolute atomic E-state index is 11.9.